The van der Waals surface area contributed by atoms with Crippen molar-refractivity contribution in [3.05, 3.63) is 78.5 Å². The van der Waals surface area contributed by atoms with Crippen molar-refractivity contribution in [2.24, 2.45) is 0 Å². The monoisotopic (exact) mass is 494 g/mol. The number of rotatable bonds is 6. The smallest absolute Gasteiger partial charge is 0.242 e. The molecular weight excluding hydrogens is 460 g/mol. The van der Waals surface area contributed by atoms with Gasteiger partial charge in [0.1, 0.15) is 17.2 Å². The third-order valence-corrected chi connectivity index (χ3v) is 7.64. The number of carbonyl (C=O) groups excluding carboxylic acids is 1. The molecule has 7 heteroatoms. The number of hydrogen-bond donors (Lipinski definition) is 1. The Morgan fingerprint density at radius 3 is 2.32 bits per heavy atom. The van der Waals surface area contributed by atoms with Crippen LogP contribution >= 0.6 is 0 Å². The van der Waals surface area contributed by atoms with Gasteiger partial charge in [-0.05, 0) is 55.7 Å². The predicted octanol–water partition coefficient (Wildman–Crippen LogP) is 4.67. The molecule has 4 heterocycles. The zero-order chi connectivity index (χ0) is 25.2. The number of benzene rings is 2. The number of nitrogens with one attached hydrogen (secondary N) is 1. The van der Waals surface area contributed by atoms with Gasteiger partial charge in [-0.15, -0.1) is 0 Å². The summed E-state index contributed by atoms with van der Waals surface area (Å²) in [6.07, 6.45) is 4.52. The van der Waals surface area contributed by atoms with Crippen LogP contribution in [-0.4, -0.2) is 66.0 Å². The highest BCUT2D eigenvalue weighted by molar-refractivity contribution is 5.84. The summed E-state index contributed by atoms with van der Waals surface area (Å²) in [6, 6.07) is 23.1. The number of carbonyl (C=O) groups is 1. The minimum atomic E-state index is 0.116. The molecule has 6 rings (SSSR count). The van der Waals surface area contributed by atoms with Crippen LogP contribution in [0.25, 0.3) is 16.9 Å². The standard InChI is InChI=1S/C30H34N6O/c1-23-8-2-3-9-26(23)34-18-20-35(21-19-34)28(37)22-31-30-29(32-27-10-4-5-17-36(27)30)24-11-13-25(14-12-24)33-15-6-7-16-33/h2-5,8-14,17,31H,6-7,15-16,18-22H2,1H3. The maximum Gasteiger partial charge on any atom is 0.242 e. The first kappa shape index (κ1) is 23.4. The first-order valence-corrected chi connectivity index (χ1v) is 13.3. The average Bonchev–Trinajstić information content (AvgIpc) is 3.61. The van der Waals surface area contributed by atoms with Crippen LogP contribution in [0.5, 0.6) is 0 Å². The molecule has 0 spiro atoms. The number of aromatic nitrogens is 2. The third-order valence-electron chi connectivity index (χ3n) is 7.64. The van der Waals surface area contributed by atoms with Crippen molar-refractivity contribution >= 4 is 28.7 Å². The highest BCUT2D eigenvalue weighted by atomic mass is 16.2. The molecule has 0 radical (unpaired) electrons. The maximum absolute atomic E-state index is 13.2. The van der Waals surface area contributed by atoms with Crippen LogP contribution in [0.2, 0.25) is 0 Å². The van der Waals surface area contributed by atoms with Gasteiger partial charge in [-0.25, -0.2) is 4.98 Å². The molecule has 0 aliphatic carbocycles. The largest absolute Gasteiger partial charge is 0.372 e. The quantitative estimate of drug-likeness (QED) is 0.422. The van der Waals surface area contributed by atoms with Gasteiger partial charge in [-0.3, -0.25) is 9.20 Å². The number of piperazine rings is 1. The molecule has 190 valence electrons. The molecule has 2 aromatic carbocycles. The van der Waals surface area contributed by atoms with E-state index in [0.29, 0.717) is 0 Å². The van der Waals surface area contributed by atoms with E-state index >= 15 is 0 Å². The van der Waals surface area contributed by atoms with Crippen LogP contribution in [0, 0.1) is 6.92 Å². The van der Waals surface area contributed by atoms with Gasteiger partial charge in [-0.2, -0.15) is 0 Å². The third kappa shape index (κ3) is 4.73. The van der Waals surface area contributed by atoms with Gasteiger partial charge in [-0.1, -0.05) is 36.4 Å². The Labute approximate surface area is 218 Å². The van der Waals surface area contributed by atoms with Crippen molar-refractivity contribution in [1.82, 2.24) is 14.3 Å². The number of anilines is 3. The SMILES string of the molecule is Cc1ccccc1N1CCN(C(=O)CNc2c(-c3ccc(N4CCCC4)cc3)nc3ccccn23)CC1. The number of nitrogens with zero attached hydrogens (tertiary/aromatic N) is 5. The van der Waals surface area contributed by atoms with E-state index in [-0.39, 0.29) is 12.5 Å². The molecular formula is C30H34N6O. The fraction of sp³-hybridized carbons (Fsp3) is 0.333. The Balaban J connectivity index is 1.16. The van der Waals surface area contributed by atoms with Crippen LogP contribution in [0.1, 0.15) is 18.4 Å². The van der Waals surface area contributed by atoms with Gasteiger partial charge in [0.2, 0.25) is 5.91 Å². The van der Waals surface area contributed by atoms with E-state index in [1.807, 2.05) is 33.7 Å². The number of aryl methyl sites for hydroxylation is 1. The fourth-order valence-electron chi connectivity index (χ4n) is 5.56. The van der Waals surface area contributed by atoms with E-state index in [0.717, 1.165) is 62.0 Å². The highest BCUT2D eigenvalue weighted by Gasteiger charge is 2.23. The van der Waals surface area contributed by atoms with Crippen molar-refractivity contribution in [2.75, 3.05) is 60.9 Å². The van der Waals surface area contributed by atoms with Gasteiger partial charge in [0.25, 0.3) is 0 Å². The number of amides is 1. The lowest BCUT2D eigenvalue weighted by Crippen LogP contribution is -2.50. The zero-order valence-electron chi connectivity index (χ0n) is 21.4. The Bertz CT molecular complexity index is 1380. The summed E-state index contributed by atoms with van der Waals surface area (Å²) in [5, 5.41) is 3.44. The van der Waals surface area contributed by atoms with Crippen LogP contribution in [0.4, 0.5) is 17.2 Å². The molecule has 0 saturated carbocycles. The molecule has 2 saturated heterocycles. The summed E-state index contributed by atoms with van der Waals surface area (Å²) >= 11 is 0. The lowest BCUT2D eigenvalue weighted by molar-refractivity contribution is -0.129. The summed E-state index contributed by atoms with van der Waals surface area (Å²) in [4.78, 5) is 24.9. The molecule has 2 aromatic heterocycles. The van der Waals surface area contributed by atoms with Crippen LogP contribution < -0.4 is 15.1 Å². The average molecular weight is 495 g/mol. The first-order valence-electron chi connectivity index (χ1n) is 13.3. The topological polar surface area (TPSA) is 56.1 Å². The van der Waals surface area contributed by atoms with Crippen molar-refractivity contribution in [1.29, 1.82) is 0 Å². The van der Waals surface area contributed by atoms with Crippen LogP contribution in [0.3, 0.4) is 0 Å². The van der Waals surface area contributed by atoms with Crippen molar-refractivity contribution in [3.63, 3.8) is 0 Å². The van der Waals surface area contributed by atoms with Crippen molar-refractivity contribution in [3.8, 4) is 11.3 Å². The molecule has 2 fully saturated rings. The van der Waals surface area contributed by atoms with Gasteiger partial charge >= 0.3 is 0 Å². The summed E-state index contributed by atoms with van der Waals surface area (Å²) in [7, 11) is 0. The van der Waals surface area contributed by atoms with E-state index in [9.17, 15) is 4.79 Å². The van der Waals surface area contributed by atoms with Gasteiger partial charge in [0.05, 0.1) is 6.54 Å². The zero-order valence-corrected chi connectivity index (χ0v) is 21.4. The van der Waals surface area contributed by atoms with Gasteiger partial charge in [0, 0.05) is 62.4 Å². The Morgan fingerprint density at radius 2 is 1.57 bits per heavy atom. The minimum absolute atomic E-state index is 0.116. The maximum atomic E-state index is 13.2. The summed E-state index contributed by atoms with van der Waals surface area (Å²) in [5.41, 5.74) is 6.59. The van der Waals surface area contributed by atoms with E-state index in [1.165, 1.54) is 29.8 Å². The highest BCUT2D eigenvalue weighted by Crippen LogP contribution is 2.31. The lowest BCUT2D eigenvalue weighted by Gasteiger charge is -2.36. The van der Waals surface area contributed by atoms with E-state index in [4.69, 9.17) is 4.98 Å². The van der Waals surface area contributed by atoms with E-state index < -0.39 is 0 Å². The normalized spacial score (nSPS) is 16.0. The summed E-state index contributed by atoms with van der Waals surface area (Å²) in [6.45, 7) is 7.79. The minimum Gasteiger partial charge on any atom is -0.372 e. The Hall–Kier alpha value is -4.00. The molecule has 2 aliphatic rings. The van der Waals surface area contributed by atoms with Crippen LogP contribution in [0.15, 0.2) is 72.9 Å². The molecule has 0 atom stereocenters. The van der Waals surface area contributed by atoms with Crippen LogP contribution in [-0.2, 0) is 4.79 Å². The van der Waals surface area contributed by atoms with E-state index in [2.05, 4.69) is 70.6 Å². The number of fused-ring (bicyclic) bond motifs is 1. The van der Waals surface area contributed by atoms with E-state index in [1.54, 1.807) is 0 Å². The molecule has 1 amide bonds. The predicted molar refractivity (Wildman–Crippen MR) is 151 cm³/mol. The molecule has 37 heavy (non-hydrogen) atoms. The number of pyridine rings is 1. The fourth-order valence-corrected chi connectivity index (χ4v) is 5.56. The van der Waals surface area contributed by atoms with Gasteiger partial charge in [0.15, 0.2) is 0 Å². The number of imidazole rings is 1. The summed E-state index contributed by atoms with van der Waals surface area (Å²) in [5.74, 6) is 0.974. The molecule has 2 aliphatic heterocycles. The Kier molecular flexibility index (Phi) is 6.43. The van der Waals surface area contributed by atoms with Crippen molar-refractivity contribution < 1.29 is 4.79 Å². The summed E-state index contributed by atoms with van der Waals surface area (Å²) < 4.78 is 2.03. The second-order valence-corrected chi connectivity index (χ2v) is 9.99. The first-order chi connectivity index (χ1) is 18.2. The second kappa shape index (κ2) is 10.2. The second-order valence-electron chi connectivity index (χ2n) is 9.99. The molecule has 0 unspecified atom stereocenters. The Morgan fingerprint density at radius 1 is 0.838 bits per heavy atom. The molecule has 0 bridgehead atoms. The number of para-hydroxylation sites is 1. The number of hydrogen-bond acceptors (Lipinski definition) is 5. The van der Waals surface area contributed by atoms with Crippen molar-refractivity contribution in [2.45, 2.75) is 19.8 Å². The molecule has 7 nitrogen and oxygen atoms in total. The molecule has 4 aromatic rings. The molecule has 1 N–H and O–H groups in total. The van der Waals surface area contributed by atoms with Gasteiger partial charge < -0.3 is 20.0 Å². The lowest BCUT2D eigenvalue weighted by atomic mass is 10.1.